The van der Waals surface area contributed by atoms with Crippen LogP contribution in [-0.2, 0) is 4.79 Å². The van der Waals surface area contributed by atoms with E-state index >= 15 is 0 Å². The molecule has 128 valence electrons. The Kier molecular flexibility index (Phi) is 4.18. The Bertz CT molecular complexity index is 810. The van der Waals surface area contributed by atoms with Gasteiger partial charge in [-0.2, -0.15) is 0 Å². The van der Waals surface area contributed by atoms with Crippen LogP contribution in [0.25, 0.3) is 5.57 Å². The van der Waals surface area contributed by atoms with E-state index in [0.717, 1.165) is 35.9 Å². The minimum absolute atomic E-state index is 0.0624. The highest BCUT2D eigenvalue weighted by Gasteiger charge is 2.23. The molecule has 1 saturated heterocycles. The highest BCUT2D eigenvalue weighted by molar-refractivity contribution is 6.31. The Hall–Kier alpha value is -2.75. The maximum atomic E-state index is 12.1. The molecule has 4 rings (SSSR count). The SMILES string of the molecule is CC1CCCN(c2ccc(N/C=C3/C(=O)Nc4ccccc43)cc2)C1. The van der Waals surface area contributed by atoms with Gasteiger partial charge in [-0.25, -0.2) is 0 Å². The summed E-state index contributed by atoms with van der Waals surface area (Å²) < 4.78 is 0. The summed E-state index contributed by atoms with van der Waals surface area (Å²) in [4.78, 5) is 14.6. The second kappa shape index (κ2) is 6.63. The summed E-state index contributed by atoms with van der Waals surface area (Å²) in [6.07, 6.45) is 4.38. The number of carbonyl (C=O) groups is 1. The molecule has 1 unspecified atom stereocenters. The van der Waals surface area contributed by atoms with Gasteiger partial charge in [0.1, 0.15) is 0 Å². The fraction of sp³-hybridized carbons (Fsp3) is 0.286. The number of piperidine rings is 1. The molecule has 0 spiro atoms. The first-order valence-corrected chi connectivity index (χ1v) is 8.93. The number of carbonyl (C=O) groups excluding carboxylic acids is 1. The van der Waals surface area contributed by atoms with Crippen LogP contribution in [0, 0.1) is 5.92 Å². The normalized spacial score (nSPS) is 21.2. The summed E-state index contributed by atoms with van der Waals surface area (Å²) in [6, 6.07) is 16.2. The molecule has 0 bridgehead atoms. The number of fused-ring (bicyclic) bond motifs is 1. The zero-order chi connectivity index (χ0) is 17.2. The first-order valence-electron chi connectivity index (χ1n) is 8.93. The molecule has 0 aliphatic carbocycles. The zero-order valence-electron chi connectivity index (χ0n) is 14.5. The lowest BCUT2D eigenvalue weighted by atomic mass is 10.00. The summed E-state index contributed by atoms with van der Waals surface area (Å²) in [5.41, 5.74) is 4.74. The van der Waals surface area contributed by atoms with Crippen molar-refractivity contribution in [1.29, 1.82) is 0 Å². The van der Waals surface area contributed by atoms with Gasteiger partial charge in [0.2, 0.25) is 0 Å². The third kappa shape index (κ3) is 3.25. The molecule has 1 amide bonds. The minimum Gasteiger partial charge on any atom is -0.371 e. The van der Waals surface area contributed by atoms with Gasteiger partial charge in [0, 0.05) is 41.9 Å². The molecule has 0 radical (unpaired) electrons. The molecule has 0 saturated carbocycles. The van der Waals surface area contributed by atoms with Crippen LogP contribution < -0.4 is 15.5 Å². The Balaban J connectivity index is 1.48. The quantitative estimate of drug-likeness (QED) is 0.822. The van der Waals surface area contributed by atoms with E-state index in [-0.39, 0.29) is 5.91 Å². The average molecular weight is 333 g/mol. The van der Waals surface area contributed by atoms with Gasteiger partial charge in [-0.05, 0) is 49.1 Å². The molecule has 0 aromatic heterocycles. The maximum absolute atomic E-state index is 12.1. The Labute approximate surface area is 148 Å². The van der Waals surface area contributed by atoms with E-state index in [0.29, 0.717) is 5.57 Å². The number of nitrogens with one attached hydrogen (secondary N) is 2. The molecular formula is C21H23N3O. The fourth-order valence-corrected chi connectivity index (χ4v) is 3.63. The lowest BCUT2D eigenvalue weighted by Gasteiger charge is -2.32. The number of rotatable bonds is 3. The van der Waals surface area contributed by atoms with Gasteiger partial charge in [0.15, 0.2) is 0 Å². The predicted molar refractivity (Wildman–Crippen MR) is 104 cm³/mol. The lowest BCUT2D eigenvalue weighted by molar-refractivity contribution is -0.110. The molecule has 2 aliphatic rings. The van der Waals surface area contributed by atoms with Crippen molar-refractivity contribution in [2.75, 3.05) is 28.6 Å². The van der Waals surface area contributed by atoms with Crippen molar-refractivity contribution in [2.24, 2.45) is 5.92 Å². The molecule has 2 aromatic rings. The molecule has 1 atom stereocenters. The van der Waals surface area contributed by atoms with Crippen molar-refractivity contribution in [1.82, 2.24) is 0 Å². The van der Waals surface area contributed by atoms with Gasteiger partial charge in [0.05, 0.1) is 5.57 Å². The molecule has 1 fully saturated rings. The van der Waals surface area contributed by atoms with Crippen molar-refractivity contribution >= 4 is 28.5 Å². The molecule has 2 aromatic carbocycles. The summed E-state index contributed by atoms with van der Waals surface area (Å²) >= 11 is 0. The molecule has 4 heteroatoms. The van der Waals surface area contributed by atoms with Crippen molar-refractivity contribution < 1.29 is 4.79 Å². The summed E-state index contributed by atoms with van der Waals surface area (Å²) in [5.74, 6) is 0.699. The molecule has 2 N–H and O–H groups in total. The van der Waals surface area contributed by atoms with Gasteiger partial charge >= 0.3 is 0 Å². The minimum atomic E-state index is -0.0624. The van der Waals surface area contributed by atoms with Crippen LogP contribution >= 0.6 is 0 Å². The van der Waals surface area contributed by atoms with E-state index in [1.165, 1.54) is 18.5 Å². The smallest absolute Gasteiger partial charge is 0.257 e. The van der Waals surface area contributed by atoms with E-state index < -0.39 is 0 Å². The third-order valence-electron chi connectivity index (χ3n) is 4.98. The lowest BCUT2D eigenvalue weighted by Crippen LogP contribution is -2.34. The largest absolute Gasteiger partial charge is 0.371 e. The van der Waals surface area contributed by atoms with Crippen molar-refractivity contribution in [3.63, 3.8) is 0 Å². The van der Waals surface area contributed by atoms with E-state index in [4.69, 9.17) is 0 Å². The second-order valence-electron chi connectivity index (χ2n) is 6.94. The number of anilines is 3. The molecule has 2 aliphatic heterocycles. The van der Waals surface area contributed by atoms with Crippen molar-refractivity contribution in [3.8, 4) is 0 Å². The van der Waals surface area contributed by atoms with Crippen molar-refractivity contribution in [2.45, 2.75) is 19.8 Å². The third-order valence-corrected chi connectivity index (χ3v) is 4.98. The average Bonchev–Trinajstić information content (AvgIpc) is 2.95. The zero-order valence-corrected chi connectivity index (χ0v) is 14.5. The predicted octanol–water partition coefficient (Wildman–Crippen LogP) is 4.33. The van der Waals surface area contributed by atoms with Crippen LogP contribution in [0.4, 0.5) is 17.1 Å². The molecular weight excluding hydrogens is 310 g/mol. The molecule has 2 heterocycles. The maximum Gasteiger partial charge on any atom is 0.257 e. The Morgan fingerprint density at radius 3 is 2.76 bits per heavy atom. The van der Waals surface area contributed by atoms with Crippen LogP contribution in [0.3, 0.4) is 0 Å². The second-order valence-corrected chi connectivity index (χ2v) is 6.94. The van der Waals surface area contributed by atoms with Crippen LogP contribution in [0.15, 0.2) is 54.7 Å². The van der Waals surface area contributed by atoms with E-state index in [9.17, 15) is 4.79 Å². The van der Waals surface area contributed by atoms with Gasteiger partial charge < -0.3 is 15.5 Å². The van der Waals surface area contributed by atoms with E-state index in [2.05, 4.69) is 46.7 Å². The Morgan fingerprint density at radius 2 is 1.96 bits per heavy atom. The van der Waals surface area contributed by atoms with Gasteiger partial charge in [-0.3, -0.25) is 4.79 Å². The number of hydrogen-bond donors (Lipinski definition) is 2. The number of para-hydroxylation sites is 1. The summed E-state index contributed by atoms with van der Waals surface area (Å²) in [7, 11) is 0. The summed E-state index contributed by atoms with van der Waals surface area (Å²) in [6.45, 7) is 4.59. The van der Waals surface area contributed by atoms with Gasteiger partial charge in [-0.1, -0.05) is 25.1 Å². The number of nitrogens with zero attached hydrogens (tertiary/aromatic N) is 1. The van der Waals surface area contributed by atoms with E-state index in [1.54, 1.807) is 6.20 Å². The first kappa shape index (κ1) is 15.8. The highest BCUT2D eigenvalue weighted by atomic mass is 16.2. The highest BCUT2D eigenvalue weighted by Crippen LogP contribution is 2.31. The fourth-order valence-electron chi connectivity index (χ4n) is 3.63. The number of benzene rings is 2. The van der Waals surface area contributed by atoms with Gasteiger partial charge in [0.25, 0.3) is 5.91 Å². The molecule has 25 heavy (non-hydrogen) atoms. The first-order chi connectivity index (χ1) is 12.2. The van der Waals surface area contributed by atoms with Crippen LogP contribution in [-0.4, -0.2) is 19.0 Å². The van der Waals surface area contributed by atoms with Crippen LogP contribution in [0.1, 0.15) is 25.3 Å². The summed E-state index contributed by atoms with van der Waals surface area (Å²) in [5, 5.41) is 6.14. The topological polar surface area (TPSA) is 44.4 Å². The van der Waals surface area contributed by atoms with E-state index in [1.807, 2.05) is 24.3 Å². The monoisotopic (exact) mass is 333 g/mol. The van der Waals surface area contributed by atoms with Crippen LogP contribution in [0.2, 0.25) is 0 Å². The standard InChI is InChI=1S/C21H23N3O/c1-15-5-4-12-24(14-15)17-10-8-16(9-11-17)22-13-19-18-6-2-3-7-20(18)23-21(19)25/h2-3,6-11,13,15,22H,4-5,12,14H2,1H3,(H,23,25)/b19-13+. The van der Waals surface area contributed by atoms with Crippen LogP contribution in [0.5, 0.6) is 0 Å². The van der Waals surface area contributed by atoms with Gasteiger partial charge in [-0.15, -0.1) is 0 Å². The molecule has 4 nitrogen and oxygen atoms in total. The number of amides is 1. The van der Waals surface area contributed by atoms with Crippen molar-refractivity contribution in [3.05, 3.63) is 60.3 Å². The number of hydrogen-bond acceptors (Lipinski definition) is 3. The Morgan fingerprint density at radius 1 is 1.16 bits per heavy atom.